The van der Waals surface area contributed by atoms with Crippen LogP contribution < -0.4 is 0 Å². The highest BCUT2D eigenvalue weighted by Crippen LogP contribution is 2.27. The van der Waals surface area contributed by atoms with Crippen LogP contribution in [0.25, 0.3) is 0 Å². The van der Waals surface area contributed by atoms with E-state index in [1.54, 1.807) is 12.4 Å². The average Bonchev–Trinajstić information content (AvgIpc) is 2.15. The Morgan fingerprint density at radius 3 is 2.43 bits per heavy atom. The zero-order valence-corrected chi connectivity index (χ0v) is 8.99. The Morgan fingerprint density at radius 2 is 2.00 bits per heavy atom. The maximum atomic E-state index is 10.9. The monoisotopic (exact) mass is 211 g/mol. The van der Waals surface area contributed by atoms with Gasteiger partial charge in [0.25, 0.3) is 0 Å². The van der Waals surface area contributed by atoms with E-state index in [1.165, 1.54) is 11.8 Å². The second-order valence-corrected chi connectivity index (χ2v) is 4.52. The second-order valence-electron chi connectivity index (χ2n) is 3.30. The number of thioether (sulfide) groups is 1. The molecule has 0 aliphatic heterocycles. The highest BCUT2D eigenvalue weighted by molar-refractivity contribution is 8.00. The lowest BCUT2D eigenvalue weighted by Gasteiger charge is -2.15. The molecule has 0 saturated heterocycles. The molecule has 1 rings (SSSR count). The third-order valence-electron chi connectivity index (χ3n) is 1.76. The van der Waals surface area contributed by atoms with Gasteiger partial charge in [-0.3, -0.25) is 9.78 Å². The van der Waals surface area contributed by atoms with Crippen LogP contribution in [0.2, 0.25) is 0 Å². The van der Waals surface area contributed by atoms with Crippen molar-refractivity contribution in [1.29, 1.82) is 0 Å². The summed E-state index contributed by atoms with van der Waals surface area (Å²) in [6.45, 7) is 3.82. The zero-order valence-electron chi connectivity index (χ0n) is 8.18. The van der Waals surface area contributed by atoms with Crippen LogP contribution >= 0.6 is 11.8 Å². The lowest BCUT2D eigenvalue weighted by Crippen LogP contribution is -2.22. The number of aliphatic carboxylic acids is 1. The van der Waals surface area contributed by atoms with E-state index in [1.807, 2.05) is 26.0 Å². The summed E-state index contributed by atoms with van der Waals surface area (Å²) < 4.78 is 0. The van der Waals surface area contributed by atoms with Gasteiger partial charge in [-0.1, -0.05) is 13.8 Å². The minimum absolute atomic E-state index is 0.116. The predicted octanol–water partition coefficient (Wildman–Crippen LogP) is 2.28. The lowest BCUT2D eigenvalue weighted by atomic mass is 10.1. The Kier molecular flexibility index (Phi) is 3.95. The van der Waals surface area contributed by atoms with Crippen LogP contribution in [0.15, 0.2) is 29.4 Å². The third kappa shape index (κ3) is 3.03. The van der Waals surface area contributed by atoms with Gasteiger partial charge in [-0.25, -0.2) is 0 Å². The Labute approximate surface area is 87.6 Å². The first kappa shape index (κ1) is 11.0. The van der Waals surface area contributed by atoms with E-state index in [0.29, 0.717) is 0 Å². The molecule has 76 valence electrons. The number of carbonyl (C=O) groups is 1. The van der Waals surface area contributed by atoms with Crippen molar-refractivity contribution in [2.75, 3.05) is 0 Å². The molecular formula is C10H13NO2S. The summed E-state index contributed by atoms with van der Waals surface area (Å²) in [7, 11) is 0. The van der Waals surface area contributed by atoms with Crippen molar-refractivity contribution >= 4 is 17.7 Å². The van der Waals surface area contributed by atoms with Crippen molar-refractivity contribution in [2.45, 2.75) is 24.0 Å². The molecule has 1 N–H and O–H groups in total. The second kappa shape index (κ2) is 5.00. The normalized spacial score (nSPS) is 12.8. The van der Waals surface area contributed by atoms with E-state index in [0.717, 1.165) is 4.90 Å². The molecule has 0 amide bonds. The van der Waals surface area contributed by atoms with E-state index in [2.05, 4.69) is 4.98 Å². The smallest absolute Gasteiger partial charge is 0.317 e. The van der Waals surface area contributed by atoms with Gasteiger partial charge in [0.1, 0.15) is 5.25 Å². The summed E-state index contributed by atoms with van der Waals surface area (Å²) in [5.74, 6) is -0.646. The minimum atomic E-state index is -0.762. The molecule has 1 aromatic heterocycles. The first-order chi connectivity index (χ1) is 6.61. The molecule has 0 aliphatic carbocycles. The van der Waals surface area contributed by atoms with Crippen LogP contribution in [0.3, 0.4) is 0 Å². The number of rotatable bonds is 4. The van der Waals surface area contributed by atoms with E-state index >= 15 is 0 Å². The highest BCUT2D eigenvalue weighted by atomic mass is 32.2. The maximum Gasteiger partial charge on any atom is 0.317 e. The van der Waals surface area contributed by atoms with Gasteiger partial charge in [-0.05, 0) is 18.1 Å². The topological polar surface area (TPSA) is 50.2 Å². The van der Waals surface area contributed by atoms with Crippen molar-refractivity contribution in [3.05, 3.63) is 24.5 Å². The molecule has 0 radical (unpaired) electrons. The molecule has 0 bridgehead atoms. The Morgan fingerprint density at radius 1 is 1.43 bits per heavy atom. The first-order valence-electron chi connectivity index (χ1n) is 4.40. The molecule has 0 aliphatic rings. The summed E-state index contributed by atoms with van der Waals surface area (Å²) in [5, 5.41) is 8.58. The van der Waals surface area contributed by atoms with Crippen LogP contribution in [0.4, 0.5) is 0 Å². The molecule has 0 fully saturated rings. The van der Waals surface area contributed by atoms with E-state index in [4.69, 9.17) is 5.11 Å². The zero-order chi connectivity index (χ0) is 10.6. The van der Waals surface area contributed by atoms with Gasteiger partial charge >= 0.3 is 5.97 Å². The van der Waals surface area contributed by atoms with Crippen LogP contribution in [-0.4, -0.2) is 21.3 Å². The fraction of sp³-hybridized carbons (Fsp3) is 0.400. The number of carboxylic acids is 1. The van der Waals surface area contributed by atoms with Gasteiger partial charge in [0.05, 0.1) is 0 Å². The quantitative estimate of drug-likeness (QED) is 0.776. The molecule has 0 aromatic carbocycles. The minimum Gasteiger partial charge on any atom is -0.480 e. The van der Waals surface area contributed by atoms with Crippen molar-refractivity contribution in [2.24, 2.45) is 5.92 Å². The number of carboxylic acid groups (broad SMARTS) is 1. The predicted molar refractivity (Wildman–Crippen MR) is 56.4 cm³/mol. The van der Waals surface area contributed by atoms with Gasteiger partial charge in [0, 0.05) is 17.3 Å². The number of hydrogen-bond acceptors (Lipinski definition) is 3. The van der Waals surface area contributed by atoms with Crippen molar-refractivity contribution in [3.8, 4) is 0 Å². The molecule has 1 atom stereocenters. The molecule has 4 heteroatoms. The van der Waals surface area contributed by atoms with E-state index in [9.17, 15) is 4.79 Å². The summed E-state index contributed by atoms with van der Waals surface area (Å²) in [6, 6.07) is 3.64. The van der Waals surface area contributed by atoms with Crippen molar-refractivity contribution in [3.63, 3.8) is 0 Å². The van der Waals surface area contributed by atoms with Crippen molar-refractivity contribution in [1.82, 2.24) is 4.98 Å². The van der Waals surface area contributed by atoms with Crippen LogP contribution in [0, 0.1) is 5.92 Å². The van der Waals surface area contributed by atoms with Gasteiger partial charge in [0.15, 0.2) is 0 Å². The van der Waals surface area contributed by atoms with Crippen LogP contribution in [0.5, 0.6) is 0 Å². The first-order valence-corrected chi connectivity index (χ1v) is 5.28. The molecule has 0 spiro atoms. The fourth-order valence-electron chi connectivity index (χ4n) is 1.04. The molecular weight excluding hydrogens is 198 g/mol. The fourth-order valence-corrected chi connectivity index (χ4v) is 1.98. The molecule has 3 nitrogen and oxygen atoms in total. The Hall–Kier alpha value is -1.03. The van der Waals surface area contributed by atoms with Crippen LogP contribution in [0.1, 0.15) is 13.8 Å². The van der Waals surface area contributed by atoms with Crippen LogP contribution in [-0.2, 0) is 4.79 Å². The van der Waals surface area contributed by atoms with E-state index < -0.39 is 11.2 Å². The molecule has 1 unspecified atom stereocenters. The van der Waals surface area contributed by atoms with Gasteiger partial charge < -0.3 is 5.11 Å². The average molecular weight is 211 g/mol. The summed E-state index contributed by atoms with van der Waals surface area (Å²) in [5.41, 5.74) is 0. The van der Waals surface area contributed by atoms with Crippen molar-refractivity contribution < 1.29 is 9.90 Å². The Balaban J connectivity index is 2.70. The largest absolute Gasteiger partial charge is 0.480 e. The number of nitrogens with zero attached hydrogens (tertiary/aromatic N) is 1. The summed E-state index contributed by atoms with van der Waals surface area (Å²) in [6.07, 6.45) is 3.34. The molecule has 14 heavy (non-hydrogen) atoms. The maximum absolute atomic E-state index is 10.9. The van der Waals surface area contributed by atoms with Gasteiger partial charge in [-0.15, -0.1) is 11.8 Å². The molecule has 1 aromatic rings. The Bertz CT molecular complexity index is 300. The van der Waals surface area contributed by atoms with E-state index in [-0.39, 0.29) is 5.92 Å². The van der Waals surface area contributed by atoms with Gasteiger partial charge in [0.2, 0.25) is 0 Å². The number of aromatic nitrogens is 1. The lowest BCUT2D eigenvalue weighted by molar-refractivity contribution is -0.137. The molecule has 0 saturated carbocycles. The SMILES string of the molecule is CC(C)C(Sc1ccncc1)C(=O)O. The standard InChI is InChI=1S/C10H13NO2S/c1-7(2)9(10(12)13)14-8-3-5-11-6-4-8/h3-7,9H,1-2H3,(H,12,13). The third-order valence-corrected chi connectivity index (χ3v) is 3.31. The number of hydrogen-bond donors (Lipinski definition) is 1. The summed E-state index contributed by atoms with van der Waals surface area (Å²) >= 11 is 1.37. The highest BCUT2D eigenvalue weighted by Gasteiger charge is 2.22. The molecule has 1 heterocycles. The van der Waals surface area contributed by atoms with Gasteiger partial charge in [-0.2, -0.15) is 0 Å². The number of pyridine rings is 1. The summed E-state index contributed by atoms with van der Waals surface area (Å²) in [4.78, 5) is 15.7.